The summed E-state index contributed by atoms with van der Waals surface area (Å²) in [6.45, 7) is 7.31. The van der Waals surface area contributed by atoms with Crippen LogP contribution in [0.5, 0.6) is 11.6 Å². The zero-order chi connectivity index (χ0) is 23.6. The van der Waals surface area contributed by atoms with Crippen molar-refractivity contribution < 1.29 is 29.3 Å². The first-order valence-corrected chi connectivity index (χ1v) is 10.7. The smallest absolute Gasteiger partial charge is 0.328 e. The molecule has 2 aliphatic heterocycles. The number of fused-ring (bicyclic) bond motifs is 2. The number of rotatable bonds is 6. The number of nitrogens with one attached hydrogen (secondary N) is 1. The van der Waals surface area contributed by atoms with Gasteiger partial charge in [0.05, 0.1) is 25.0 Å². The van der Waals surface area contributed by atoms with Crippen molar-refractivity contribution in [3.8, 4) is 11.6 Å². The minimum absolute atomic E-state index is 0.558. The Balaban J connectivity index is 0.000000331. The lowest BCUT2D eigenvalue weighted by Gasteiger charge is -2.34. The molecule has 0 unspecified atom stereocenters. The van der Waals surface area contributed by atoms with Gasteiger partial charge in [-0.15, -0.1) is 0 Å². The van der Waals surface area contributed by atoms with Gasteiger partial charge in [-0.25, -0.2) is 14.6 Å². The molecular weight excluding hydrogens is 428 g/mol. The van der Waals surface area contributed by atoms with Crippen molar-refractivity contribution >= 4 is 17.6 Å². The van der Waals surface area contributed by atoms with Gasteiger partial charge in [0.1, 0.15) is 19.0 Å². The molecule has 0 radical (unpaired) electrons. The molecule has 2 aromatic rings. The Morgan fingerprint density at radius 2 is 1.97 bits per heavy atom. The molecule has 3 N–H and O–H groups in total. The molecule has 2 aliphatic rings. The van der Waals surface area contributed by atoms with Gasteiger partial charge in [-0.2, -0.15) is 0 Å². The SMILES string of the molecule is Cc1c2c(cc3c1N(CCOc1cnccn1)CCO3)CCNCC2.O=C(O)/C=C/C(=O)O. The Morgan fingerprint density at radius 1 is 1.21 bits per heavy atom. The summed E-state index contributed by atoms with van der Waals surface area (Å²) in [5, 5.41) is 19.1. The summed E-state index contributed by atoms with van der Waals surface area (Å²) in [5.41, 5.74) is 5.50. The quantitative estimate of drug-likeness (QED) is 0.549. The number of aliphatic carboxylic acids is 2. The fraction of sp³-hybridized carbons (Fsp3) is 0.391. The van der Waals surface area contributed by atoms with E-state index in [2.05, 4.69) is 33.2 Å². The van der Waals surface area contributed by atoms with E-state index in [9.17, 15) is 9.59 Å². The number of benzene rings is 1. The van der Waals surface area contributed by atoms with Crippen LogP contribution in [0.4, 0.5) is 5.69 Å². The van der Waals surface area contributed by atoms with E-state index in [0.29, 0.717) is 31.2 Å². The lowest BCUT2D eigenvalue weighted by Crippen LogP contribution is -2.36. The van der Waals surface area contributed by atoms with Gasteiger partial charge < -0.3 is 29.9 Å². The van der Waals surface area contributed by atoms with Crippen LogP contribution in [-0.4, -0.2) is 71.5 Å². The molecule has 4 rings (SSSR count). The third kappa shape index (κ3) is 6.91. The summed E-state index contributed by atoms with van der Waals surface area (Å²) in [6.07, 6.45) is 8.21. The van der Waals surface area contributed by atoms with Crippen molar-refractivity contribution in [1.29, 1.82) is 0 Å². The summed E-state index contributed by atoms with van der Waals surface area (Å²) in [6, 6.07) is 2.25. The van der Waals surface area contributed by atoms with Gasteiger partial charge in [-0.1, -0.05) is 0 Å². The lowest BCUT2D eigenvalue weighted by molar-refractivity contribution is -0.134. The standard InChI is InChI=1S/C19H24N4O2.C4H4O4/c1-14-16-3-5-20-4-2-15(16)12-17-19(14)23(8-10-24-17)9-11-25-18-13-21-6-7-22-18;5-3(6)1-2-4(7)8/h6-7,12-13,20H,2-5,8-11H2,1H3;1-2H,(H,5,6)(H,7,8)/b;2-1+. The largest absolute Gasteiger partial charge is 0.490 e. The zero-order valence-corrected chi connectivity index (χ0v) is 18.5. The maximum Gasteiger partial charge on any atom is 0.328 e. The van der Waals surface area contributed by atoms with E-state index in [1.165, 1.54) is 22.4 Å². The van der Waals surface area contributed by atoms with Crippen LogP contribution < -0.4 is 19.7 Å². The lowest BCUT2D eigenvalue weighted by atomic mass is 9.94. The fourth-order valence-corrected chi connectivity index (χ4v) is 3.88. The van der Waals surface area contributed by atoms with Gasteiger partial charge in [0.15, 0.2) is 0 Å². The molecule has 0 saturated carbocycles. The molecule has 0 saturated heterocycles. The number of carbonyl (C=O) groups is 2. The number of anilines is 1. The van der Waals surface area contributed by atoms with Gasteiger partial charge in [0.25, 0.3) is 0 Å². The number of ether oxygens (including phenoxy) is 2. The second-order valence-electron chi connectivity index (χ2n) is 7.47. The highest BCUT2D eigenvalue weighted by atomic mass is 16.5. The summed E-state index contributed by atoms with van der Waals surface area (Å²) < 4.78 is 11.7. The van der Waals surface area contributed by atoms with Crippen LogP contribution in [0.25, 0.3) is 0 Å². The van der Waals surface area contributed by atoms with Crippen molar-refractivity contribution in [2.75, 3.05) is 44.3 Å². The summed E-state index contributed by atoms with van der Waals surface area (Å²) in [4.78, 5) is 29.7. The van der Waals surface area contributed by atoms with Gasteiger partial charge in [-0.3, -0.25) is 4.98 Å². The van der Waals surface area contributed by atoms with Crippen LogP contribution in [0.3, 0.4) is 0 Å². The maximum absolute atomic E-state index is 9.55. The molecule has 33 heavy (non-hydrogen) atoms. The molecule has 10 nitrogen and oxygen atoms in total. The Morgan fingerprint density at radius 3 is 2.67 bits per heavy atom. The minimum Gasteiger partial charge on any atom is -0.490 e. The molecule has 0 atom stereocenters. The van der Waals surface area contributed by atoms with Crippen LogP contribution >= 0.6 is 0 Å². The van der Waals surface area contributed by atoms with Crippen LogP contribution in [0.2, 0.25) is 0 Å². The highest BCUT2D eigenvalue weighted by Crippen LogP contribution is 2.39. The molecule has 3 heterocycles. The molecule has 0 spiro atoms. The predicted molar refractivity (Wildman–Crippen MR) is 121 cm³/mol. The van der Waals surface area contributed by atoms with Crippen LogP contribution in [0, 0.1) is 6.92 Å². The number of carboxylic acids is 2. The first-order chi connectivity index (χ1) is 16.0. The van der Waals surface area contributed by atoms with E-state index >= 15 is 0 Å². The highest BCUT2D eigenvalue weighted by Gasteiger charge is 2.24. The molecule has 176 valence electrons. The average Bonchev–Trinajstić information content (AvgIpc) is 3.05. The number of hydrogen-bond donors (Lipinski definition) is 3. The number of carboxylic acid groups (broad SMARTS) is 2. The minimum atomic E-state index is -1.26. The molecule has 1 aromatic carbocycles. The van der Waals surface area contributed by atoms with E-state index in [4.69, 9.17) is 19.7 Å². The second-order valence-corrected chi connectivity index (χ2v) is 7.47. The first-order valence-electron chi connectivity index (χ1n) is 10.7. The van der Waals surface area contributed by atoms with Gasteiger partial charge in [0.2, 0.25) is 5.88 Å². The third-order valence-electron chi connectivity index (χ3n) is 5.31. The summed E-state index contributed by atoms with van der Waals surface area (Å²) >= 11 is 0. The van der Waals surface area contributed by atoms with Crippen LogP contribution in [-0.2, 0) is 22.4 Å². The van der Waals surface area contributed by atoms with Crippen molar-refractivity contribution in [1.82, 2.24) is 15.3 Å². The Labute approximate surface area is 191 Å². The van der Waals surface area contributed by atoms with Crippen molar-refractivity contribution in [2.24, 2.45) is 0 Å². The van der Waals surface area contributed by atoms with Crippen molar-refractivity contribution in [3.63, 3.8) is 0 Å². The van der Waals surface area contributed by atoms with Gasteiger partial charge in [-0.05, 0) is 55.6 Å². The van der Waals surface area contributed by atoms with Crippen LogP contribution in [0.15, 0.2) is 36.8 Å². The highest BCUT2D eigenvalue weighted by molar-refractivity contribution is 5.89. The second kappa shape index (κ2) is 11.8. The molecular formula is C23H28N4O6. The van der Waals surface area contributed by atoms with E-state index in [1.807, 2.05) is 0 Å². The molecule has 0 bridgehead atoms. The molecule has 0 amide bonds. The van der Waals surface area contributed by atoms with E-state index in [0.717, 1.165) is 44.8 Å². The average molecular weight is 456 g/mol. The van der Waals surface area contributed by atoms with Crippen molar-refractivity contribution in [3.05, 3.63) is 53.5 Å². The molecule has 0 aliphatic carbocycles. The Hall–Kier alpha value is -3.66. The molecule has 1 aromatic heterocycles. The predicted octanol–water partition coefficient (Wildman–Crippen LogP) is 1.46. The van der Waals surface area contributed by atoms with Gasteiger partial charge >= 0.3 is 11.9 Å². The van der Waals surface area contributed by atoms with E-state index in [1.54, 1.807) is 18.6 Å². The Bertz CT molecular complexity index is 980. The van der Waals surface area contributed by atoms with Gasteiger partial charge in [0, 0.05) is 24.5 Å². The zero-order valence-electron chi connectivity index (χ0n) is 18.5. The number of nitrogens with zero attached hydrogens (tertiary/aromatic N) is 3. The maximum atomic E-state index is 9.55. The number of aromatic nitrogens is 2. The normalized spacial score (nSPS) is 14.8. The fourth-order valence-electron chi connectivity index (χ4n) is 3.88. The third-order valence-corrected chi connectivity index (χ3v) is 5.31. The summed E-state index contributed by atoms with van der Waals surface area (Å²) in [7, 11) is 0. The van der Waals surface area contributed by atoms with Crippen molar-refractivity contribution in [2.45, 2.75) is 19.8 Å². The monoisotopic (exact) mass is 456 g/mol. The number of hydrogen-bond acceptors (Lipinski definition) is 8. The molecule has 10 heteroatoms. The first kappa shape index (κ1) is 24.0. The topological polar surface area (TPSA) is 134 Å². The summed E-state index contributed by atoms with van der Waals surface area (Å²) in [5.74, 6) is -0.926. The Kier molecular flexibility index (Phi) is 8.59. The van der Waals surface area contributed by atoms with E-state index in [-0.39, 0.29) is 0 Å². The molecule has 0 fully saturated rings. The van der Waals surface area contributed by atoms with Crippen LogP contribution in [0.1, 0.15) is 16.7 Å². The van der Waals surface area contributed by atoms with E-state index < -0.39 is 11.9 Å².